The summed E-state index contributed by atoms with van der Waals surface area (Å²) in [5.41, 5.74) is 2.11. The zero-order valence-corrected chi connectivity index (χ0v) is 20.9. The lowest BCUT2D eigenvalue weighted by molar-refractivity contribution is 0.177. The van der Waals surface area contributed by atoms with Gasteiger partial charge < -0.3 is 15.4 Å². The molecule has 0 bridgehead atoms. The molecule has 0 spiro atoms. The second-order valence-corrected chi connectivity index (χ2v) is 8.00. The maximum absolute atomic E-state index is 5.14. The smallest absolute Gasteiger partial charge is 0.191 e. The van der Waals surface area contributed by atoms with E-state index >= 15 is 0 Å². The van der Waals surface area contributed by atoms with Gasteiger partial charge in [-0.1, -0.05) is 30.3 Å². The highest BCUT2D eigenvalue weighted by Crippen LogP contribution is 2.23. The van der Waals surface area contributed by atoms with Crippen molar-refractivity contribution in [3.63, 3.8) is 0 Å². The van der Waals surface area contributed by atoms with Gasteiger partial charge in [-0.25, -0.2) is 19.6 Å². The fourth-order valence-electron chi connectivity index (χ4n) is 3.44. The first-order chi connectivity index (χ1) is 14.7. The quantitative estimate of drug-likeness (QED) is 0.266. The van der Waals surface area contributed by atoms with Gasteiger partial charge in [-0.3, -0.25) is 0 Å². The van der Waals surface area contributed by atoms with Crippen molar-refractivity contribution >= 4 is 41.3 Å². The first kappa shape index (κ1) is 23.6. The lowest BCUT2D eigenvalue weighted by Gasteiger charge is -2.25. The number of thiazole rings is 1. The number of guanidine groups is 1. The molecule has 166 valence electrons. The summed E-state index contributed by atoms with van der Waals surface area (Å²) in [6, 6.07) is 10.5. The van der Waals surface area contributed by atoms with Gasteiger partial charge in [0, 0.05) is 37.1 Å². The molecule has 0 fully saturated rings. The molecule has 0 saturated heterocycles. The number of aryl methyl sites for hydroxylation is 1. The number of aliphatic imine (C=N–C) groups is 1. The minimum Gasteiger partial charge on any atom is -0.377 e. The van der Waals surface area contributed by atoms with Crippen LogP contribution < -0.4 is 10.6 Å². The van der Waals surface area contributed by atoms with Crippen molar-refractivity contribution in [2.24, 2.45) is 4.99 Å². The Bertz CT molecular complexity index is 989. The molecular formula is C21H28IN7OS. The number of halogens is 1. The van der Waals surface area contributed by atoms with Crippen LogP contribution in [0.15, 0.2) is 40.7 Å². The van der Waals surface area contributed by atoms with E-state index in [-0.39, 0.29) is 30.0 Å². The highest BCUT2D eigenvalue weighted by molar-refractivity contribution is 14.0. The second kappa shape index (κ2) is 11.5. The number of nitrogens with one attached hydrogen (secondary N) is 2. The minimum atomic E-state index is 0. The van der Waals surface area contributed by atoms with Crippen molar-refractivity contribution in [1.82, 2.24) is 30.4 Å². The summed E-state index contributed by atoms with van der Waals surface area (Å²) in [7, 11) is 1.66. The summed E-state index contributed by atoms with van der Waals surface area (Å²) in [5.74, 6) is 2.57. The van der Waals surface area contributed by atoms with Gasteiger partial charge in [-0.2, -0.15) is 5.10 Å². The van der Waals surface area contributed by atoms with Crippen LogP contribution in [0.1, 0.15) is 30.7 Å². The molecule has 10 heteroatoms. The Labute approximate surface area is 203 Å². The third kappa shape index (κ3) is 6.23. The van der Waals surface area contributed by atoms with Crippen molar-refractivity contribution in [2.45, 2.75) is 45.5 Å². The summed E-state index contributed by atoms with van der Waals surface area (Å²) in [6.45, 7) is 4.63. The van der Waals surface area contributed by atoms with Crippen molar-refractivity contribution in [1.29, 1.82) is 0 Å². The molecule has 0 amide bonds. The van der Waals surface area contributed by atoms with Gasteiger partial charge in [0.1, 0.15) is 17.4 Å². The average Bonchev–Trinajstić information content (AvgIpc) is 3.39. The number of ether oxygens (including phenoxy) is 1. The average molecular weight is 553 g/mol. The van der Waals surface area contributed by atoms with Gasteiger partial charge in [-0.15, -0.1) is 35.3 Å². The Balaban J connectivity index is 0.00000272. The molecule has 2 N–H and O–H groups in total. The topological polar surface area (TPSA) is 89.2 Å². The molecule has 1 aliphatic heterocycles. The van der Waals surface area contributed by atoms with Gasteiger partial charge in [0.2, 0.25) is 0 Å². The molecule has 31 heavy (non-hydrogen) atoms. The molecule has 0 aliphatic carbocycles. The molecule has 1 unspecified atom stereocenters. The van der Waals surface area contributed by atoms with E-state index in [9.17, 15) is 0 Å². The van der Waals surface area contributed by atoms with E-state index in [0.29, 0.717) is 13.2 Å². The van der Waals surface area contributed by atoms with E-state index in [1.807, 2.05) is 22.9 Å². The maximum atomic E-state index is 5.14. The molecule has 4 rings (SSSR count). The predicted molar refractivity (Wildman–Crippen MR) is 134 cm³/mol. The zero-order valence-electron chi connectivity index (χ0n) is 17.7. The van der Waals surface area contributed by atoms with Crippen LogP contribution in [0.4, 0.5) is 0 Å². The third-order valence-electron chi connectivity index (χ3n) is 4.83. The molecule has 0 radical (unpaired) electrons. The molecule has 2 aromatic heterocycles. The van der Waals surface area contributed by atoms with E-state index < -0.39 is 0 Å². The predicted octanol–water partition coefficient (Wildman–Crippen LogP) is 3.24. The molecule has 0 saturated carbocycles. The van der Waals surface area contributed by atoms with Crippen molar-refractivity contribution in [3.8, 4) is 10.6 Å². The number of methoxy groups -OCH3 is 1. The lowest BCUT2D eigenvalue weighted by atomic mass is 10.1. The standard InChI is InChI=1S/C21H27N7OS.HI/c1-3-22-21(23-11-17-14-30-20(24-17)15-7-5-4-6-8-15)25-16-9-10-19-26-18(13-29-2)27-28(19)12-16;/h4-8,14,16H,3,9-13H2,1-2H3,(H2,22,23,25);1H. The maximum Gasteiger partial charge on any atom is 0.191 e. The van der Waals surface area contributed by atoms with E-state index in [1.54, 1.807) is 18.4 Å². The van der Waals surface area contributed by atoms with E-state index in [1.165, 1.54) is 0 Å². The van der Waals surface area contributed by atoms with Crippen LogP contribution in [-0.4, -0.2) is 45.4 Å². The molecule has 8 nitrogen and oxygen atoms in total. The van der Waals surface area contributed by atoms with Crippen LogP contribution in [0.2, 0.25) is 0 Å². The van der Waals surface area contributed by atoms with Crippen molar-refractivity contribution < 1.29 is 4.74 Å². The normalized spacial score (nSPS) is 15.8. The SMILES string of the molecule is CCNC(=NCc1csc(-c2ccccc2)n1)NC1CCc2nc(COC)nn2C1.I. The van der Waals surface area contributed by atoms with Gasteiger partial charge in [-0.05, 0) is 13.3 Å². The Morgan fingerprint density at radius 2 is 2.13 bits per heavy atom. The van der Waals surface area contributed by atoms with Gasteiger partial charge in [0.05, 0.1) is 18.8 Å². The van der Waals surface area contributed by atoms with Gasteiger partial charge in [0.15, 0.2) is 11.8 Å². The number of hydrogen-bond acceptors (Lipinski definition) is 6. The van der Waals surface area contributed by atoms with Crippen LogP contribution in [-0.2, 0) is 30.9 Å². The lowest BCUT2D eigenvalue weighted by Crippen LogP contribution is -2.47. The fraction of sp³-hybridized carbons (Fsp3) is 0.429. The first-order valence-corrected chi connectivity index (χ1v) is 11.1. The van der Waals surface area contributed by atoms with E-state index in [4.69, 9.17) is 14.7 Å². The summed E-state index contributed by atoms with van der Waals surface area (Å²) in [4.78, 5) is 14.0. The van der Waals surface area contributed by atoms with Crippen LogP contribution in [0, 0.1) is 0 Å². The Kier molecular flexibility index (Phi) is 8.79. The Morgan fingerprint density at radius 3 is 2.90 bits per heavy atom. The van der Waals surface area contributed by atoms with E-state index in [2.05, 4.69) is 45.2 Å². The summed E-state index contributed by atoms with van der Waals surface area (Å²) >= 11 is 1.65. The number of nitrogens with zero attached hydrogens (tertiary/aromatic N) is 5. The van der Waals surface area contributed by atoms with Crippen LogP contribution in [0.3, 0.4) is 0 Å². The second-order valence-electron chi connectivity index (χ2n) is 7.14. The summed E-state index contributed by atoms with van der Waals surface area (Å²) < 4.78 is 7.12. The number of hydrogen-bond donors (Lipinski definition) is 2. The van der Waals surface area contributed by atoms with Crippen molar-refractivity contribution in [2.75, 3.05) is 13.7 Å². The molecule has 1 aromatic carbocycles. The van der Waals surface area contributed by atoms with Gasteiger partial charge in [0.25, 0.3) is 0 Å². The number of fused-ring (bicyclic) bond motifs is 1. The highest BCUT2D eigenvalue weighted by Gasteiger charge is 2.22. The van der Waals surface area contributed by atoms with Crippen LogP contribution in [0.25, 0.3) is 10.6 Å². The van der Waals surface area contributed by atoms with Crippen LogP contribution in [0.5, 0.6) is 0 Å². The Morgan fingerprint density at radius 1 is 1.29 bits per heavy atom. The molecule has 1 aliphatic rings. The summed E-state index contributed by atoms with van der Waals surface area (Å²) in [5, 5.41) is 14.5. The zero-order chi connectivity index (χ0) is 20.8. The summed E-state index contributed by atoms with van der Waals surface area (Å²) in [6.07, 6.45) is 1.88. The monoisotopic (exact) mass is 553 g/mol. The number of aromatic nitrogens is 4. The molecule has 1 atom stereocenters. The number of benzene rings is 1. The van der Waals surface area contributed by atoms with Gasteiger partial charge >= 0.3 is 0 Å². The Hall–Kier alpha value is -2.05. The molecular weight excluding hydrogens is 525 g/mol. The molecule has 3 heterocycles. The van der Waals surface area contributed by atoms with Crippen LogP contribution >= 0.6 is 35.3 Å². The third-order valence-corrected chi connectivity index (χ3v) is 5.77. The highest BCUT2D eigenvalue weighted by atomic mass is 127. The largest absolute Gasteiger partial charge is 0.377 e. The van der Waals surface area contributed by atoms with Crippen molar-refractivity contribution in [3.05, 3.63) is 53.1 Å². The minimum absolute atomic E-state index is 0. The fourth-order valence-corrected chi connectivity index (χ4v) is 4.25. The number of rotatable bonds is 7. The first-order valence-electron chi connectivity index (χ1n) is 10.2. The van der Waals surface area contributed by atoms with E-state index in [0.717, 1.165) is 59.8 Å². The molecule has 3 aromatic rings.